The van der Waals surface area contributed by atoms with Crippen LogP contribution in [-0.4, -0.2) is 18.5 Å². The molecule has 27 heavy (non-hydrogen) atoms. The Labute approximate surface area is 164 Å². The number of nitrogens with zero attached hydrogens (tertiary/aromatic N) is 1. The highest BCUT2D eigenvalue weighted by Crippen LogP contribution is 2.33. The van der Waals surface area contributed by atoms with E-state index in [0.717, 1.165) is 36.8 Å². The van der Waals surface area contributed by atoms with Gasteiger partial charge in [-0.1, -0.05) is 48.0 Å². The topological polar surface area (TPSA) is 90.7 Å². The van der Waals surface area contributed by atoms with Gasteiger partial charge in [-0.05, 0) is 54.9 Å². The van der Waals surface area contributed by atoms with Crippen molar-refractivity contribution < 1.29 is 9.53 Å². The van der Waals surface area contributed by atoms with E-state index >= 15 is 0 Å². The first-order valence-corrected chi connectivity index (χ1v) is 9.53. The summed E-state index contributed by atoms with van der Waals surface area (Å²) in [6.45, 7) is 0.622. The van der Waals surface area contributed by atoms with Crippen molar-refractivity contribution in [1.82, 2.24) is 0 Å². The van der Waals surface area contributed by atoms with E-state index in [1.165, 1.54) is 0 Å². The molecule has 6 heteroatoms. The van der Waals surface area contributed by atoms with Gasteiger partial charge in [0.25, 0.3) is 0 Å². The van der Waals surface area contributed by atoms with Gasteiger partial charge in [-0.3, -0.25) is 9.79 Å². The quantitative estimate of drug-likeness (QED) is 0.352. The summed E-state index contributed by atoms with van der Waals surface area (Å²) in [4.78, 5) is 16.6. The Morgan fingerprint density at radius 1 is 1.04 bits per heavy atom. The van der Waals surface area contributed by atoms with E-state index in [4.69, 9.17) is 27.8 Å². The molecule has 142 valence electrons. The van der Waals surface area contributed by atoms with Crippen LogP contribution in [0.5, 0.6) is 5.75 Å². The SMILES string of the molecule is NC(N)=NCC1CCC(C(=O)Oc2ccc(-c3ccccc3)cc2Cl)CC1. The van der Waals surface area contributed by atoms with Gasteiger partial charge in [-0.15, -0.1) is 0 Å². The minimum atomic E-state index is -0.218. The molecule has 0 heterocycles. The number of carbonyl (C=O) groups is 1. The molecule has 0 aromatic heterocycles. The van der Waals surface area contributed by atoms with Crippen LogP contribution in [0.15, 0.2) is 53.5 Å². The minimum absolute atomic E-state index is 0.106. The Kier molecular flexibility index (Phi) is 6.35. The smallest absolute Gasteiger partial charge is 0.314 e. The first kappa shape index (κ1) is 19.2. The predicted molar refractivity (Wildman–Crippen MR) is 109 cm³/mol. The van der Waals surface area contributed by atoms with Crippen LogP contribution >= 0.6 is 11.6 Å². The van der Waals surface area contributed by atoms with Crippen LogP contribution < -0.4 is 16.2 Å². The first-order chi connectivity index (χ1) is 13.0. The lowest BCUT2D eigenvalue weighted by atomic mass is 9.82. The summed E-state index contributed by atoms with van der Waals surface area (Å²) in [6, 6.07) is 15.4. The first-order valence-electron chi connectivity index (χ1n) is 9.15. The summed E-state index contributed by atoms with van der Waals surface area (Å²) in [5.74, 6) is 0.619. The minimum Gasteiger partial charge on any atom is -0.425 e. The molecule has 0 aliphatic heterocycles. The lowest BCUT2D eigenvalue weighted by Crippen LogP contribution is -2.28. The maximum atomic E-state index is 12.5. The van der Waals surface area contributed by atoms with E-state index in [2.05, 4.69) is 4.99 Å². The molecule has 0 spiro atoms. The molecular weight excluding hydrogens is 362 g/mol. The Morgan fingerprint density at radius 3 is 2.37 bits per heavy atom. The van der Waals surface area contributed by atoms with Crippen molar-refractivity contribution in [2.45, 2.75) is 25.7 Å². The third-order valence-electron chi connectivity index (χ3n) is 4.96. The molecule has 0 bridgehead atoms. The van der Waals surface area contributed by atoms with Crippen molar-refractivity contribution in [2.24, 2.45) is 28.3 Å². The molecule has 1 aliphatic rings. The van der Waals surface area contributed by atoms with Gasteiger partial charge in [0.15, 0.2) is 5.96 Å². The number of halogens is 1. The normalized spacial score (nSPS) is 19.3. The molecule has 1 aliphatic carbocycles. The molecular formula is C21H24ClN3O2. The summed E-state index contributed by atoms with van der Waals surface area (Å²) in [7, 11) is 0. The van der Waals surface area contributed by atoms with Crippen LogP contribution in [0.25, 0.3) is 11.1 Å². The zero-order chi connectivity index (χ0) is 19.2. The average molecular weight is 386 g/mol. The summed E-state index contributed by atoms with van der Waals surface area (Å²) in [6.07, 6.45) is 3.39. The van der Waals surface area contributed by atoms with Crippen LogP contribution in [0.1, 0.15) is 25.7 Å². The van der Waals surface area contributed by atoms with Crippen molar-refractivity contribution in [2.75, 3.05) is 6.54 Å². The maximum Gasteiger partial charge on any atom is 0.314 e. The van der Waals surface area contributed by atoms with E-state index in [9.17, 15) is 4.79 Å². The van der Waals surface area contributed by atoms with E-state index in [0.29, 0.717) is 23.2 Å². The standard InChI is InChI=1S/C21H24ClN3O2/c22-18-12-17(15-4-2-1-3-5-15)10-11-19(18)27-20(26)16-8-6-14(7-9-16)13-25-21(23)24/h1-5,10-12,14,16H,6-9,13H2,(H4,23,24,25). The second kappa shape index (κ2) is 8.91. The van der Waals surface area contributed by atoms with Crippen molar-refractivity contribution >= 4 is 23.5 Å². The number of ether oxygens (including phenoxy) is 1. The van der Waals surface area contributed by atoms with Crippen LogP contribution in [0.3, 0.4) is 0 Å². The highest BCUT2D eigenvalue weighted by atomic mass is 35.5. The molecule has 3 rings (SSSR count). The van der Waals surface area contributed by atoms with Crippen molar-refractivity contribution in [3.05, 3.63) is 53.6 Å². The molecule has 2 aromatic carbocycles. The summed E-state index contributed by atoms with van der Waals surface area (Å²) >= 11 is 6.34. The Bertz CT molecular complexity index is 811. The zero-order valence-corrected chi connectivity index (χ0v) is 15.9. The lowest BCUT2D eigenvalue weighted by Gasteiger charge is -2.26. The Balaban J connectivity index is 1.58. The number of aliphatic imine (C=N–C) groups is 1. The number of carbonyl (C=O) groups excluding carboxylic acids is 1. The largest absolute Gasteiger partial charge is 0.425 e. The molecule has 1 saturated carbocycles. The van der Waals surface area contributed by atoms with Crippen molar-refractivity contribution in [3.8, 4) is 16.9 Å². The summed E-state index contributed by atoms with van der Waals surface area (Å²) in [5.41, 5.74) is 12.8. The fourth-order valence-corrected chi connectivity index (χ4v) is 3.62. The molecule has 5 nitrogen and oxygen atoms in total. The van der Waals surface area contributed by atoms with Gasteiger partial charge in [0, 0.05) is 6.54 Å². The molecule has 4 N–H and O–H groups in total. The third kappa shape index (κ3) is 5.23. The maximum absolute atomic E-state index is 12.5. The second-order valence-electron chi connectivity index (χ2n) is 6.92. The average Bonchev–Trinajstić information content (AvgIpc) is 2.69. The summed E-state index contributed by atoms with van der Waals surface area (Å²) in [5, 5.41) is 0.436. The van der Waals surface area contributed by atoms with E-state index in [1.807, 2.05) is 42.5 Å². The molecule has 2 aromatic rings. The van der Waals surface area contributed by atoms with Gasteiger partial charge in [0.2, 0.25) is 0 Å². The predicted octanol–water partition coefficient (Wildman–Crippen LogP) is 3.99. The van der Waals surface area contributed by atoms with Crippen LogP contribution in [0.2, 0.25) is 5.02 Å². The van der Waals surface area contributed by atoms with Gasteiger partial charge in [-0.25, -0.2) is 0 Å². The number of guanidine groups is 1. The van der Waals surface area contributed by atoms with E-state index in [1.54, 1.807) is 6.07 Å². The van der Waals surface area contributed by atoms with Gasteiger partial charge < -0.3 is 16.2 Å². The van der Waals surface area contributed by atoms with E-state index < -0.39 is 0 Å². The molecule has 0 unspecified atom stereocenters. The number of benzene rings is 2. The highest BCUT2D eigenvalue weighted by Gasteiger charge is 2.28. The summed E-state index contributed by atoms with van der Waals surface area (Å²) < 4.78 is 5.57. The second-order valence-corrected chi connectivity index (χ2v) is 7.32. The number of esters is 1. The number of hydrogen-bond acceptors (Lipinski definition) is 3. The number of rotatable bonds is 5. The number of hydrogen-bond donors (Lipinski definition) is 2. The Hall–Kier alpha value is -2.53. The van der Waals surface area contributed by atoms with Crippen molar-refractivity contribution in [3.63, 3.8) is 0 Å². The molecule has 0 saturated heterocycles. The van der Waals surface area contributed by atoms with Gasteiger partial charge in [-0.2, -0.15) is 0 Å². The van der Waals surface area contributed by atoms with Crippen LogP contribution in [0, 0.1) is 11.8 Å². The number of nitrogens with two attached hydrogens (primary N) is 2. The van der Waals surface area contributed by atoms with E-state index in [-0.39, 0.29) is 17.8 Å². The lowest BCUT2D eigenvalue weighted by molar-refractivity contribution is -0.140. The fraction of sp³-hybridized carbons (Fsp3) is 0.333. The molecule has 0 amide bonds. The van der Waals surface area contributed by atoms with Gasteiger partial charge in [0.05, 0.1) is 10.9 Å². The third-order valence-corrected chi connectivity index (χ3v) is 5.26. The molecule has 0 radical (unpaired) electrons. The molecule has 0 atom stereocenters. The highest BCUT2D eigenvalue weighted by molar-refractivity contribution is 6.32. The Morgan fingerprint density at radius 2 is 1.74 bits per heavy atom. The monoisotopic (exact) mass is 385 g/mol. The van der Waals surface area contributed by atoms with Crippen LogP contribution in [0.4, 0.5) is 0 Å². The zero-order valence-electron chi connectivity index (χ0n) is 15.1. The van der Waals surface area contributed by atoms with Crippen molar-refractivity contribution in [1.29, 1.82) is 0 Å². The van der Waals surface area contributed by atoms with Gasteiger partial charge in [0.1, 0.15) is 5.75 Å². The van der Waals surface area contributed by atoms with Gasteiger partial charge >= 0.3 is 5.97 Å². The fourth-order valence-electron chi connectivity index (χ4n) is 3.40. The van der Waals surface area contributed by atoms with Crippen LogP contribution in [-0.2, 0) is 4.79 Å². The molecule has 1 fully saturated rings.